The van der Waals surface area contributed by atoms with Crippen LogP contribution in [0.2, 0.25) is 0 Å². The molecule has 4 heteroatoms. The van der Waals surface area contributed by atoms with Crippen molar-refractivity contribution in [1.29, 1.82) is 0 Å². The lowest BCUT2D eigenvalue weighted by Crippen LogP contribution is -2.16. The van der Waals surface area contributed by atoms with Crippen LogP contribution in [0.5, 0.6) is 0 Å². The van der Waals surface area contributed by atoms with Crippen LogP contribution in [0, 0.1) is 6.92 Å². The maximum Gasteiger partial charge on any atom is 0.317 e. The van der Waals surface area contributed by atoms with Crippen LogP contribution < -0.4 is 5.32 Å². The van der Waals surface area contributed by atoms with Gasteiger partial charge in [-0.3, -0.25) is 9.59 Å². The quantitative estimate of drug-likeness (QED) is 0.547. The summed E-state index contributed by atoms with van der Waals surface area (Å²) in [6, 6.07) is 16.3. The second kappa shape index (κ2) is 10.2. The number of carboxylic acids is 1. The van der Waals surface area contributed by atoms with Gasteiger partial charge in [0.05, 0.1) is 6.54 Å². The van der Waals surface area contributed by atoms with Crippen LogP contribution in [0.25, 0.3) is 21.5 Å². The van der Waals surface area contributed by atoms with Crippen molar-refractivity contribution in [3.05, 3.63) is 59.7 Å². The van der Waals surface area contributed by atoms with Crippen LogP contribution in [-0.2, 0) is 4.79 Å². The molecular formula is C21H25NO3. The van der Waals surface area contributed by atoms with Crippen LogP contribution in [-0.4, -0.2) is 31.0 Å². The molecule has 4 nitrogen and oxygen atoms in total. The zero-order valence-electron chi connectivity index (χ0n) is 15.2. The lowest BCUT2D eigenvalue weighted by Gasteiger charge is -2.07. The maximum absolute atomic E-state index is 10.9. The molecule has 3 aromatic carbocycles. The minimum atomic E-state index is -0.822. The van der Waals surface area contributed by atoms with Crippen molar-refractivity contribution in [3.63, 3.8) is 0 Å². The smallest absolute Gasteiger partial charge is 0.317 e. The molecular weight excluding hydrogens is 314 g/mol. The lowest BCUT2D eigenvalue weighted by atomic mass is 9.97. The second-order valence-electron chi connectivity index (χ2n) is 5.26. The van der Waals surface area contributed by atoms with Gasteiger partial charge in [0.1, 0.15) is 6.29 Å². The molecule has 0 aliphatic carbocycles. The normalized spacial score (nSPS) is 9.60. The summed E-state index contributed by atoms with van der Waals surface area (Å²) in [6.45, 7) is 6.16. The number of hydrogen-bond acceptors (Lipinski definition) is 3. The van der Waals surface area contributed by atoms with Crippen molar-refractivity contribution in [3.8, 4) is 0 Å². The molecule has 0 fully saturated rings. The summed E-state index contributed by atoms with van der Waals surface area (Å²) < 4.78 is 0. The second-order valence-corrected chi connectivity index (χ2v) is 5.26. The Morgan fingerprint density at radius 3 is 2.20 bits per heavy atom. The van der Waals surface area contributed by atoms with Crippen molar-refractivity contribution in [1.82, 2.24) is 5.32 Å². The molecule has 0 unspecified atom stereocenters. The largest absolute Gasteiger partial charge is 0.480 e. The van der Waals surface area contributed by atoms with Crippen molar-refractivity contribution in [2.24, 2.45) is 0 Å². The van der Waals surface area contributed by atoms with E-state index in [2.05, 4.69) is 30.4 Å². The van der Waals surface area contributed by atoms with Gasteiger partial charge < -0.3 is 10.4 Å². The first-order valence-corrected chi connectivity index (χ1v) is 8.30. The molecule has 0 heterocycles. The number of nitrogens with one attached hydrogen (secondary N) is 1. The molecule has 0 aromatic heterocycles. The average Bonchev–Trinajstić information content (AvgIpc) is 2.64. The van der Waals surface area contributed by atoms with Gasteiger partial charge in [-0.1, -0.05) is 56.3 Å². The Hall–Kier alpha value is -2.72. The molecule has 0 saturated carbocycles. The molecule has 0 atom stereocenters. The average molecular weight is 339 g/mol. The summed E-state index contributed by atoms with van der Waals surface area (Å²) >= 11 is 0. The third-order valence-corrected chi connectivity index (χ3v) is 3.56. The van der Waals surface area contributed by atoms with Crippen molar-refractivity contribution >= 4 is 33.8 Å². The molecule has 0 aliphatic heterocycles. The van der Waals surface area contributed by atoms with E-state index in [4.69, 9.17) is 5.11 Å². The van der Waals surface area contributed by atoms with E-state index in [1.54, 1.807) is 7.05 Å². The summed E-state index contributed by atoms with van der Waals surface area (Å²) in [5, 5.41) is 15.1. The summed E-state index contributed by atoms with van der Waals surface area (Å²) in [4.78, 5) is 20.4. The van der Waals surface area contributed by atoms with Crippen LogP contribution in [0.4, 0.5) is 0 Å². The fourth-order valence-corrected chi connectivity index (χ4v) is 2.53. The van der Waals surface area contributed by atoms with Gasteiger partial charge in [0.15, 0.2) is 0 Å². The van der Waals surface area contributed by atoms with Crippen molar-refractivity contribution in [2.45, 2.75) is 20.8 Å². The molecule has 0 spiro atoms. The molecule has 3 rings (SSSR count). The monoisotopic (exact) mass is 339 g/mol. The first kappa shape index (κ1) is 20.3. The van der Waals surface area contributed by atoms with Crippen LogP contribution in [0.1, 0.15) is 29.8 Å². The van der Waals surface area contributed by atoms with Gasteiger partial charge in [0.25, 0.3) is 0 Å². The van der Waals surface area contributed by atoms with Crippen molar-refractivity contribution in [2.75, 3.05) is 13.6 Å². The first-order valence-electron chi connectivity index (χ1n) is 8.30. The molecule has 3 aromatic rings. The lowest BCUT2D eigenvalue weighted by molar-refractivity contribution is -0.135. The van der Waals surface area contributed by atoms with E-state index < -0.39 is 5.97 Å². The minimum absolute atomic E-state index is 0.0417. The van der Waals surface area contributed by atoms with E-state index in [1.807, 2.05) is 44.2 Å². The minimum Gasteiger partial charge on any atom is -0.480 e. The Labute approximate surface area is 148 Å². The highest BCUT2D eigenvalue weighted by Crippen LogP contribution is 2.28. The summed E-state index contributed by atoms with van der Waals surface area (Å²) in [5.74, 6) is -0.822. The molecule has 0 aliphatic rings. The summed E-state index contributed by atoms with van der Waals surface area (Å²) in [7, 11) is 1.59. The number of fused-ring (bicyclic) bond motifs is 3. The highest BCUT2D eigenvalue weighted by Gasteiger charge is 2.04. The van der Waals surface area contributed by atoms with Gasteiger partial charge in [-0.15, -0.1) is 0 Å². The predicted octanol–water partition coefficient (Wildman–Crippen LogP) is 4.43. The number of aliphatic carboxylic acids is 1. The number of aldehydes is 1. The van der Waals surface area contributed by atoms with E-state index in [0.717, 1.165) is 17.2 Å². The summed E-state index contributed by atoms with van der Waals surface area (Å²) in [5.41, 5.74) is 2.00. The molecule has 2 N–H and O–H groups in total. The molecule has 0 bridgehead atoms. The van der Waals surface area contributed by atoms with Crippen LogP contribution >= 0.6 is 0 Å². The number of carbonyl (C=O) groups excluding carboxylic acids is 1. The van der Waals surface area contributed by atoms with Gasteiger partial charge in [-0.25, -0.2) is 0 Å². The number of benzene rings is 3. The fourth-order valence-electron chi connectivity index (χ4n) is 2.53. The highest BCUT2D eigenvalue weighted by atomic mass is 16.4. The van der Waals surface area contributed by atoms with E-state index in [1.165, 1.54) is 21.7 Å². The number of rotatable bonds is 3. The van der Waals surface area contributed by atoms with Gasteiger partial charge in [-0.2, -0.15) is 0 Å². The molecule has 0 amide bonds. The van der Waals surface area contributed by atoms with E-state index in [-0.39, 0.29) is 6.54 Å². The van der Waals surface area contributed by atoms with E-state index in [0.29, 0.717) is 0 Å². The standard InChI is InChI=1S/C16H12O.C3H7NO2.C2H6/c1-11-8-13-7-6-12(10-17)9-16(13)15-5-3-2-4-14(11)15;1-4-2-3(5)6;1-2/h2-10H,1H3;4H,2H2,1H3,(H,5,6);1-2H3. The number of aryl methyl sites for hydroxylation is 1. The van der Waals surface area contributed by atoms with Crippen molar-refractivity contribution < 1.29 is 14.7 Å². The Bertz CT molecular complexity index is 856. The van der Waals surface area contributed by atoms with Gasteiger partial charge in [0, 0.05) is 5.56 Å². The number of carboxylic acid groups (broad SMARTS) is 1. The maximum atomic E-state index is 10.9. The molecule has 0 radical (unpaired) electrons. The third kappa shape index (κ3) is 5.40. The first-order chi connectivity index (χ1) is 12.1. The van der Waals surface area contributed by atoms with Crippen LogP contribution in [0.3, 0.4) is 0 Å². The number of likely N-dealkylation sites (N-methyl/N-ethyl adjacent to an activating group) is 1. The fraction of sp³-hybridized carbons (Fsp3) is 0.238. The Balaban J connectivity index is 0.000000335. The Morgan fingerprint density at radius 2 is 1.68 bits per heavy atom. The van der Waals surface area contributed by atoms with Gasteiger partial charge in [0.2, 0.25) is 0 Å². The van der Waals surface area contributed by atoms with Gasteiger partial charge >= 0.3 is 5.97 Å². The third-order valence-electron chi connectivity index (χ3n) is 3.56. The number of carbonyl (C=O) groups is 2. The SMILES string of the molecule is CC.CNCC(=O)O.Cc1cc2ccc(C=O)cc2c2ccccc12. The van der Waals surface area contributed by atoms with Gasteiger partial charge in [-0.05, 0) is 47.1 Å². The zero-order chi connectivity index (χ0) is 18.8. The van der Waals surface area contributed by atoms with E-state index in [9.17, 15) is 9.59 Å². The predicted molar refractivity (Wildman–Crippen MR) is 104 cm³/mol. The number of hydrogen-bond donors (Lipinski definition) is 2. The topological polar surface area (TPSA) is 66.4 Å². The molecule has 132 valence electrons. The zero-order valence-corrected chi connectivity index (χ0v) is 15.2. The Morgan fingerprint density at radius 1 is 1.04 bits per heavy atom. The summed E-state index contributed by atoms with van der Waals surface area (Å²) in [6.07, 6.45) is 0.897. The molecule has 25 heavy (non-hydrogen) atoms. The Kier molecular flexibility index (Phi) is 8.30. The van der Waals surface area contributed by atoms with Crippen LogP contribution in [0.15, 0.2) is 48.5 Å². The molecule has 0 saturated heterocycles. The van der Waals surface area contributed by atoms with E-state index >= 15 is 0 Å². The highest BCUT2D eigenvalue weighted by molar-refractivity contribution is 6.10.